The Balaban J connectivity index is 1.56. The van der Waals surface area contributed by atoms with Crippen molar-refractivity contribution in [3.8, 4) is 11.5 Å². The van der Waals surface area contributed by atoms with Crippen LogP contribution in [0.3, 0.4) is 0 Å². The van der Waals surface area contributed by atoms with E-state index in [1.807, 2.05) is 19.9 Å². The summed E-state index contributed by atoms with van der Waals surface area (Å²) in [6.07, 6.45) is 5.97. The zero-order chi connectivity index (χ0) is 21.7. The normalized spacial score (nSPS) is 16.5. The zero-order valence-electron chi connectivity index (χ0n) is 18.2. The van der Waals surface area contributed by atoms with Crippen molar-refractivity contribution in [2.75, 3.05) is 33.3 Å². The summed E-state index contributed by atoms with van der Waals surface area (Å²) in [5, 5.41) is 13.6. The van der Waals surface area contributed by atoms with Crippen LogP contribution in [-0.4, -0.2) is 55.2 Å². The maximum absolute atomic E-state index is 12.1. The van der Waals surface area contributed by atoms with E-state index in [-0.39, 0.29) is 23.8 Å². The zero-order valence-corrected chi connectivity index (χ0v) is 18.2. The van der Waals surface area contributed by atoms with Crippen LogP contribution >= 0.6 is 0 Å². The van der Waals surface area contributed by atoms with Crippen LogP contribution in [0, 0.1) is 6.92 Å². The monoisotopic (exact) mass is 416 g/mol. The maximum atomic E-state index is 12.1. The van der Waals surface area contributed by atoms with E-state index in [1.54, 1.807) is 7.11 Å². The number of hydrogen-bond acceptors (Lipinski definition) is 6. The highest BCUT2D eigenvalue weighted by atomic mass is 16.5. The smallest absolute Gasteiger partial charge is 0.342 e. The molecule has 0 aromatic heterocycles. The predicted octanol–water partition coefficient (Wildman–Crippen LogP) is 2.86. The Morgan fingerprint density at radius 1 is 1.30 bits per heavy atom. The number of likely N-dealkylation sites (tertiary alicyclic amines) is 1. The molecule has 1 fully saturated rings. The fourth-order valence-electron chi connectivity index (χ4n) is 4.17. The lowest BCUT2D eigenvalue weighted by molar-refractivity contribution is -0.121. The van der Waals surface area contributed by atoms with Gasteiger partial charge in [-0.05, 0) is 58.2 Å². The number of cyclic esters (lactones) is 1. The third-order valence-electron chi connectivity index (χ3n) is 6.00. The molecule has 0 unspecified atom stereocenters. The minimum Gasteiger partial charge on any atom is -0.507 e. The molecule has 2 N–H and O–H groups in total. The van der Waals surface area contributed by atoms with Gasteiger partial charge < -0.3 is 24.8 Å². The SMILES string of the molecule is COc1c(C)c2c(c(O)c1C/C=C(\C)CCC(=O)NCCN1CCCC1)C(=O)OC2. The first-order valence-corrected chi connectivity index (χ1v) is 10.7. The number of amides is 1. The van der Waals surface area contributed by atoms with Gasteiger partial charge in [0.1, 0.15) is 23.7 Å². The first kappa shape index (κ1) is 22.2. The van der Waals surface area contributed by atoms with Gasteiger partial charge in [-0.2, -0.15) is 0 Å². The van der Waals surface area contributed by atoms with Crippen LogP contribution in [0.15, 0.2) is 11.6 Å². The van der Waals surface area contributed by atoms with Crippen LogP contribution in [0.25, 0.3) is 0 Å². The lowest BCUT2D eigenvalue weighted by Gasteiger charge is -2.16. The maximum Gasteiger partial charge on any atom is 0.342 e. The molecule has 2 aliphatic heterocycles. The second kappa shape index (κ2) is 9.98. The highest BCUT2D eigenvalue weighted by molar-refractivity contribution is 5.98. The third-order valence-corrected chi connectivity index (χ3v) is 6.00. The van der Waals surface area contributed by atoms with E-state index >= 15 is 0 Å². The van der Waals surface area contributed by atoms with Gasteiger partial charge in [0.05, 0.1) is 7.11 Å². The van der Waals surface area contributed by atoms with Gasteiger partial charge in [-0.1, -0.05) is 11.6 Å². The molecule has 0 bridgehead atoms. The van der Waals surface area contributed by atoms with Crippen molar-refractivity contribution in [1.29, 1.82) is 0 Å². The summed E-state index contributed by atoms with van der Waals surface area (Å²) in [7, 11) is 1.55. The molecule has 1 amide bonds. The number of fused-ring (bicyclic) bond motifs is 1. The van der Waals surface area contributed by atoms with Gasteiger partial charge in [-0.3, -0.25) is 4.79 Å². The van der Waals surface area contributed by atoms with Gasteiger partial charge in [0.15, 0.2) is 0 Å². The molecule has 1 saturated heterocycles. The molecule has 2 heterocycles. The summed E-state index contributed by atoms with van der Waals surface area (Å²) < 4.78 is 10.6. The van der Waals surface area contributed by atoms with Gasteiger partial charge in [0.25, 0.3) is 0 Å². The summed E-state index contributed by atoms with van der Waals surface area (Å²) in [5.41, 5.74) is 3.36. The summed E-state index contributed by atoms with van der Waals surface area (Å²) in [4.78, 5) is 26.5. The van der Waals surface area contributed by atoms with E-state index in [0.29, 0.717) is 42.7 Å². The van der Waals surface area contributed by atoms with Crippen LogP contribution in [0.4, 0.5) is 0 Å². The Morgan fingerprint density at radius 2 is 2.03 bits per heavy atom. The average Bonchev–Trinajstić information content (AvgIpc) is 3.38. The van der Waals surface area contributed by atoms with Crippen molar-refractivity contribution in [2.24, 2.45) is 0 Å². The Labute approximate surface area is 178 Å². The van der Waals surface area contributed by atoms with Crippen LogP contribution in [0.1, 0.15) is 59.7 Å². The minimum atomic E-state index is -0.499. The van der Waals surface area contributed by atoms with Crippen molar-refractivity contribution in [3.05, 3.63) is 33.9 Å². The number of phenolic OH excluding ortho intramolecular Hbond substituents is 1. The van der Waals surface area contributed by atoms with Crippen LogP contribution in [0.2, 0.25) is 0 Å². The molecule has 0 spiro atoms. The minimum absolute atomic E-state index is 0.0542. The Bertz CT molecular complexity index is 841. The average molecular weight is 417 g/mol. The molecule has 7 heteroatoms. The number of phenols is 1. The molecule has 0 radical (unpaired) electrons. The number of carbonyl (C=O) groups is 2. The summed E-state index contributed by atoms with van der Waals surface area (Å²) in [5.74, 6) is 0.0613. The van der Waals surface area contributed by atoms with Gasteiger partial charge in [-0.25, -0.2) is 4.79 Å². The summed E-state index contributed by atoms with van der Waals surface area (Å²) >= 11 is 0. The third kappa shape index (κ3) is 4.95. The largest absolute Gasteiger partial charge is 0.507 e. The molecule has 7 nitrogen and oxygen atoms in total. The molecular weight excluding hydrogens is 384 g/mol. The predicted molar refractivity (Wildman–Crippen MR) is 114 cm³/mol. The Hall–Kier alpha value is -2.54. The van der Waals surface area contributed by atoms with E-state index in [9.17, 15) is 14.7 Å². The van der Waals surface area contributed by atoms with Crippen LogP contribution < -0.4 is 10.1 Å². The molecule has 30 heavy (non-hydrogen) atoms. The van der Waals surface area contributed by atoms with Crippen LogP contribution in [-0.2, 0) is 22.6 Å². The first-order valence-electron chi connectivity index (χ1n) is 10.7. The molecular formula is C23H32N2O5. The molecule has 1 aromatic carbocycles. The summed E-state index contributed by atoms with van der Waals surface area (Å²) in [6.45, 7) is 7.87. The molecule has 2 aliphatic rings. The number of hydrogen-bond donors (Lipinski definition) is 2. The van der Waals surface area contributed by atoms with E-state index in [1.165, 1.54) is 12.8 Å². The summed E-state index contributed by atoms with van der Waals surface area (Å²) in [6, 6.07) is 0. The second-order valence-corrected chi connectivity index (χ2v) is 8.07. The van der Waals surface area contributed by atoms with Gasteiger partial charge >= 0.3 is 5.97 Å². The number of ether oxygens (including phenoxy) is 2. The van der Waals surface area contributed by atoms with Gasteiger partial charge in [-0.15, -0.1) is 0 Å². The topological polar surface area (TPSA) is 88.1 Å². The number of carbonyl (C=O) groups excluding carboxylic acids is 2. The van der Waals surface area contributed by atoms with Crippen molar-refractivity contribution >= 4 is 11.9 Å². The van der Waals surface area contributed by atoms with E-state index in [0.717, 1.165) is 30.8 Å². The fourth-order valence-corrected chi connectivity index (χ4v) is 4.17. The number of nitrogens with zero attached hydrogens (tertiary/aromatic N) is 1. The highest BCUT2D eigenvalue weighted by Gasteiger charge is 2.31. The number of methoxy groups -OCH3 is 1. The molecule has 0 aliphatic carbocycles. The second-order valence-electron chi connectivity index (χ2n) is 8.07. The number of esters is 1. The molecule has 3 rings (SSSR count). The number of rotatable bonds is 9. The van der Waals surface area contributed by atoms with Gasteiger partial charge in [0, 0.05) is 30.6 Å². The lowest BCUT2D eigenvalue weighted by Crippen LogP contribution is -2.33. The van der Waals surface area contributed by atoms with Gasteiger partial charge in [0.2, 0.25) is 5.91 Å². The number of nitrogens with one attached hydrogen (secondary N) is 1. The van der Waals surface area contributed by atoms with Crippen molar-refractivity contribution in [2.45, 2.75) is 52.6 Å². The fraction of sp³-hybridized carbons (Fsp3) is 0.565. The standard InChI is InChI=1S/C23H32N2O5/c1-15(7-9-19(26)24-10-13-25-11-4-5-12-25)6-8-17-21(27)20-18(14-30-23(20)28)16(2)22(17)29-3/h6,27H,4-5,7-14H2,1-3H3,(H,24,26)/b15-6+. The lowest BCUT2D eigenvalue weighted by atomic mass is 9.94. The molecule has 0 saturated carbocycles. The van der Waals surface area contributed by atoms with E-state index in [4.69, 9.17) is 9.47 Å². The quantitative estimate of drug-likeness (QED) is 0.475. The molecule has 164 valence electrons. The van der Waals surface area contributed by atoms with Crippen molar-refractivity contribution in [3.63, 3.8) is 0 Å². The first-order chi connectivity index (χ1) is 14.4. The number of benzene rings is 1. The molecule has 1 aromatic rings. The van der Waals surface area contributed by atoms with Crippen LogP contribution in [0.5, 0.6) is 11.5 Å². The Kier molecular flexibility index (Phi) is 7.37. The number of allylic oxidation sites excluding steroid dienone is 2. The highest BCUT2D eigenvalue weighted by Crippen LogP contribution is 2.42. The van der Waals surface area contributed by atoms with E-state index in [2.05, 4.69) is 10.2 Å². The van der Waals surface area contributed by atoms with E-state index < -0.39 is 5.97 Å². The Morgan fingerprint density at radius 3 is 2.73 bits per heavy atom. The number of aromatic hydroxyl groups is 1. The van der Waals surface area contributed by atoms with Crippen molar-refractivity contribution < 1.29 is 24.2 Å². The van der Waals surface area contributed by atoms with Crippen molar-refractivity contribution in [1.82, 2.24) is 10.2 Å². The molecule has 0 atom stereocenters.